The fourth-order valence-electron chi connectivity index (χ4n) is 2.62. The van der Waals surface area contributed by atoms with Gasteiger partial charge in [0.15, 0.2) is 5.78 Å². The summed E-state index contributed by atoms with van der Waals surface area (Å²) in [5.74, 6) is 0.862. The van der Waals surface area contributed by atoms with Crippen molar-refractivity contribution < 1.29 is 4.79 Å². The highest BCUT2D eigenvalue weighted by atomic mass is 16.1. The van der Waals surface area contributed by atoms with E-state index in [0.29, 0.717) is 12.4 Å². The molecule has 19 heavy (non-hydrogen) atoms. The predicted molar refractivity (Wildman–Crippen MR) is 70.5 cm³/mol. The van der Waals surface area contributed by atoms with Crippen LogP contribution in [-0.4, -0.2) is 25.5 Å². The largest absolute Gasteiger partial charge is 0.322 e. The predicted octanol–water partition coefficient (Wildman–Crippen LogP) is 2.27. The molecule has 0 fully saturated rings. The number of Topliss-reactive ketones (excluding diaryl/α,β-unsaturated/α-hetero) is 1. The molecule has 0 atom stereocenters. The summed E-state index contributed by atoms with van der Waals surface area (Å²) < 4.78 is 1.76. The van der Waals surface area contributed by atoms with E-state index in [2.05, 4.69) is 15.1 Å². The summed E-state index contributed by atoms with van der Waals surface area (Å²) in [6.45, 7) is 0. The molecule has 0 spiro atoms. The van der Waals surface area contributed by atoms with E-state index in [1.807, 2.05) is 24.3 Å². The first-order chi connectivity index (χ1) is 9.33. The lowest BCUT2D eigenvalue weighted by Gasteiger charge is -2.11. The van der Waals surface area contributed by atoms with Gasteiger partial charge >= 0.3 is 0 Å². The van der Waals surface area contributed by atoms with Crippen LogP contribution in [0.25, 0.3) is 17.0 Å². The number of carbonyl (C=O) groups excluding carboxylic acids is 1. The zero-order valence-corrected chi connectivity index (χ0v) is 10.3. The Morgan fingerprint density at radius 1 is 1.21 bits per heavy atom. The van der Waals surface area contributed by atoms with Crippen LogP contribution in [-0.2, 0) is 6.42 Å². The van der Waals surface area contributed by atoms with Crippen molar-refractivity contribution in [1.29, 1.82) is 0 Å². The van der Waals surface area contributed by atoms with E-state index >= 15 is 0 Å². The minimum absolute atomic E-state index is 0.184. The fourth-order valence-corrected chi connectivity index (χ4v) is 2.62. The van der Waals surface area contributed by atoms with Crippen LogP contribution in [0.4, 0.5) is 0 Å². The summed E-state index contributed by atoms with van der Waals surface area (Å²) in [7, 11) is 0. The number of benzene rings is 1. The van der Waals surface area contributed by atoms with Gasteiger partial charge in [-0.2, -0.15) is 5.10 Å². The molecule has 1 aliphatic carbocycles. The number of nitrogens with one attached hydrogen (secondary N) is 1. The Kier molecular flexibility index (Phi) is 2.09. The number of rotatable bonds is 1. The van der Waals surface area contributed by atoms with Gasteiger partial charge in [-0.3, -0.25) is 4.79 Å². The number of carbonyl (C=O) groups is 1. The molecule has 0 saturated carbocycles. The van der Waals surface area contributed by atoms with Crippen molar-refractivity contribution in [1.82, 2.24) is 19.7 Å². The van der Waals surface area contributed by atoms with Crippen LogP contribution in [0, 0.1) is 0 Å². The molecule has 1 N–H and O–H groups in total. The monoisotopic (exact) mass is 252 g/mol. The molecule has 5 nitrogen and oxygen atoms in total. The number of nitrogens with zero attached hydrogens (tertiary/aromatic N) is 3. The molecule has 3 aromatic rings. The lowest BCUT2D eigenvalue weighted by Crippen LogP contribution is -2.13. The Labute approximate surface area is 109 Å². The molecule has 0 saturated heterocycles. The Bertz CT molecular complexity index is 751. The van der Waals surface area contributed by atoms with E-state index in [4.69, 9.17) is 0 Å². The normalized spacial score (nSPS) is 14.8. The van der Waals surface area contributed by atoms with Crippen molar-refractivity contribution in [3.63, 3.8) is 0 Å². The molecule has 2 aromatic heterocycles. The van der Waals surface area contributed by atoms with Crippen LogP contribution in [0.3, 0.4) is 0 Å². The highest BCUT2D eigenvalue weighted by Gasteiger charge is 2.23. The standard InChI is InChI=1S/C14H12N4O/c19-13-7-3-6-12-9(13)8-15-18(12)14-16-10-4-1-2-5-11(10)17-14/h1-2,4-5,8H,3,6-7H2,(H,16,17). The summed E-state index contributed by atoms with van der Waals surface area (Å²) in [6.07, 6.45) is 4.04. The van der Waals surface area contributed by atoms with Crippen LogP contribution in [0.5, 0.6) is 0 Å². The summed E-state index contributed by atoms with van der Waals surface area (Å²) in [5, 5.41) is 4.32. The van der Waals surface area contributed by atoms with Gasteiger partial charge in [-0.15, -0.1) is 0 Å². The number of para-hydroxylation sites is 2. The van der Waals surface area contributed by atoms with Gasteiger partial charge in [-0.25, -0.2) is 9.67 Å². The van der Waals surface area contributed by atoms with Crippen LogP contribution in [0.2, 0.25) is 0 Å². The van der Waals surface area contributed by atoms with E-state index in [0.717, 1.165) is 35.1 Å². The second kappa shape index (κ2) is 3.78. The van der Waals surface area contributed by atoms with Crippen LogP contribution >= 0.6 is 0 Å². The molecule has 2 heterocycles. The Hall–Kier alpha value is -2.43. The first-order valence-corrected chi connectivity index (χ1v) is 6.38. The van der Waals surface area contributed by atoms with Gasteiger partial charge in [0, 0.05) is 6.42 Å². The minimum Gasteiger partial charge on any atom is -0.322 e. The maximum Gasteiger partial charge on any atom is 0.229 e. The first-order valence-electron chi connectivity index (χ1n) is 6.38. The Balaban J connectivity index is 1.90. The average Bonchev–Trinajstić information content (AvgIpc) is 3.02. The molecule has 0 bridgehead atoms. The van der Waals surface area contributed by atoms with Crippen molar-refractivity contribution in [2.24, 2.45) is 0 Å². The van der Waals surface area contributed by atoms with Crippen LogP contribution < -0.4 is 0 Å². The molecule has 94 valence electrons. The number of aromatic nitrogens is 4. The zero-order valence-electron chi connectivity index (χ0n) is 10.3. The number of hydrogen-bond donors (Lipinski definition) is 1. The lowest BCUT2D eigenvalue weighted by atomic mass is 9.97. The van der Waals surface area contributed by atoms with E-state index in [-0.39, 0.29) is 5.78 Å². The number of H-pyrrole nitrogens is 1. The molecule has 5 heteroatoms. The van der Waals surface area contributed by atoms with Gasteiger partial charge in [0.1, 0.15) is 0 Å². The number of ketones is 1. The topological polar surface area (TPSA) is 63.6 Å². The van der Waals surface area contributed by atoms with Crippen molar-refractivity contribution in [2.45, 2.75) is 19.3 Å². The maximum absolute atomic E-state index is 11.8. The fraction of sp³-hybridized carbons (Fsp3) is 0.214. The van der Waals surface area contributed by atoms with Gasteiger partial charge in [-0.1, -0.05) is 12.1 Å². The molecule has 1 aromatic carbocycles. The molecule has 0 aliphatic heterocycles. The summed E-state index contributed by atoms with van der Waals surface area (Å²) in [4.78, 5) is 19.6. The van der Waals surface area contributed by atoms with E-state index in [9.17, 15) is 4.79 Å². The van der Waals surface area contributed by atoms with Gasteiger partial charge in [0.2, 0.25) is 5.95 Å². The number of fused-ring (bicyclic) bond motifs is 2. The molecule has 4 rings (SSSR count). The molecule has 0 unspecified atom stereocenters. The van der Waals surface area contributed by atoms with Crippen molar-refractivity contribution in [3.05, 3.63) is 41.7 Å². The first kappa shape index (κ1) is 10.5. The average molecular weight is 252 g/mol. The molecular weight excluding hydrogens is 240 g/mol. The second-order valence-electron chi connectivity index (χ2n) is 4.77. The SMILES string of the molecule is O=C1CCCc2c1cnn2-c1nc2ccccc2[nH]1. The van der Waals surface area contributed by atoms with E-state index in [1.54, 1.807) is 10.9 Å². The number of hydrogen-bond acceptors (Lipinski definition) is 3. The molecular formula is C14H12N4O. The van der Waals surface area contributed by atoms with Crippen molar-refractivity contribution in [2.75, 3.05) is 0 Å². The third-order valence-corrected chi connectivity index (χ3v) is 3.56. The lowest BCUT2D eigenvalue weighted by molar-refractivity contribution is 0.0972. The quantitative estimate of drug-likeness (QED) is 0.722. The molecule has 0 amide bonds. The smallest absolute Gasteiger partial charge is 0.229 e. The van der Waals surface area contributed by atoms with Crippen LogP contribution in [0.15, 0.2) is 30.5 Å². The van der Waals surface area contributed by atoms with Gasteiger partial charge < -0.3 is 4.98 Å². The highest BCUT2D eigenvalue weighted by molar-refractivity contribution is 5.98. The van der Waals surface area contributed by atoms with E-state index < -0.39 is 0 Å². The van der Waals surface area contributed by atoms with Crippen LogP contribution in [0.1, 0.15) is 28.9 Å². The van der Waals surface area contributed by atoms with Crippen molar-refractivity contribution >= 4 is 16.8 Å². The number of aromatic amines is 1. The maximum atomic E-state index is 11.8. The van der Waals surface area contributed by atoms with Gasteiger partial charge in [0.05, 0.1) is 28.5 Å². The van der Waals surface area contributed by atoms with E-state index in [1.165, 1.54) is 0 Å². The summed E-state index contributed by atoms with van der Waals surface area (Å²) in [5.41, 5.74) is 3.59. The Morgan fingerprint density at radius 2 is 2.11 bits per heavy atom. The highest BCUT2D eigenvalue weighted by Crippen LogP contribution is 2.23. The molecule has 0 radical (unpaired) electrons. The zero-order chi connectivity index (χ0) is 12.8. The third-order valence-electron chi connectivity index (χ3n) is 3.56. The third kappa shape index (κ3) is 1.51. The Morgan fingerprint density at radius 3 is 3.00 bits per heavy atom. The minimum atomic E-state index is 0.184. The molecule has 1 aliphatic rings. The van der Waals surface area contributed by atoms with Gasteiger partial charge in [-0.05, 0) is 25.0 Å². The van der Waals surface area contributed by atoms with Gasteiger partial charge in [0.25, 0.3) is 0 Å². The van der Waals surface area contributed by atoms with Crippen molar-refractivity contribution in [3.8, 4) is 5.95 Å². The number of imidazole rings is 1. The summed E-state index contributed by atoms with van der Waals surface area (Å²) >= 11 is 0. The second-order valence-corrected chi connectivity index (χ2v) is 4.77. The summed E-state index contributed by atoms with van der Waals surface area (Å²) in [6, 6.07) is 7.85.